The zero-order valence-corrected chi connectivity index (χ0v) is 27.0. The van der Waals surface area contributed by atoms with Gasteiger partial charge in [-0.15, -0.1) is 0 Å². The predicted octanol–water partition coefficient (Wildman–Crippen LogP) is 4.42. The molecule has 232 valence electrons. The Morgan fingerprint density at radius 3 is 2.73 bits per heavy atom. The quantitative estimate of drug-likeness (QED) is 0.334. The third kappa shape index (κ3) is 6.03. The second-order valence-electron chi connectivity index (χ2n) is 12.9. The Balaban J connectivity index is 1.12. The smallest absolute Gasteiger partial charge is 0.318 e. The molecule has 2 N–H and O–H groups in total. The fourth-order valence-corrected chi connectivity index (χ4v) is 7.02. The van der Waals surface area contributed by atoms with Gasteiger partial charge in [-0.05, 0) is 55.2 Å². The maximum atomic E-state index is 13.9. The number of carbonyl (C=O) groups excluding carboxylic acids is 2. The third-order valence-corrected chi connectivity index (χ3v) is 9.86. The van der Waals surface area contributed by atoms with E-state index >= 15 is 0 Å². The minimum absolute atomic E-state index is 0.0360. The number of nitrogens with zero attached hydrogens (tertiary/aromatic N) is 6. The number of nitrogens with one attached hydrogen (secondary N) is 2. The lowest BCUT2D eigenvalue weighted by Crippen LogP contribution is -2.51. The maximum absolute atomic E-state index is 13.9. The summed E-state index contributed by atoms with van der Waals surface area (Å²) in [5, 5.41) is 11.0. The van der Waals surface area contributed by atoms with Gasteiger partial charge < -0.3 is 29.8 Å². The minimum Gasteiger partial charge on any atom is -0.359 e. The molecule has 0 aliphatic carbocycles. The van der Waals surface area contributed by atoms with Crippen LogP contribution in [-0.2, 0) is 20.1 Å². The van der Waals surface area contributed by atoms with Gasteiger partial charge in [-0.1, -0.05) is 30.4 Å². The monoisotopic (exact) mass is 615 g/mol. The second-order valence-corrected chi connectivity index (χ2v) is 13.3. The van der Waals surface area contributed by atoms with Gasteiger partial charge in [0.25, 0.3) is 5.91 Å². The minimum atomic E-state index is -0.0845. The van der Waals surface area contributed by atoms with Crippen molar-refractivity contribution in [2.75, 3.05) is 57.0 Å². The first kappa shape index (κ1) is 30.1. The number of rotatable bonds is 4. The highest BCUT2D eigenvalue weighted by Crippen LogP contribution is 2.36. The third-order valence-electron chi connectivity index (χ3n) is 9.33. The SMILES string of the molecule is Cc1cc(C(=O)N2Cc3cnn(C)c3Nc3ccccc32)ccc1CNC(=O)N1CCC[C@H]1C(=S)N1CCC[N+](C)(C)CC1. The number of quaternary nitrogens is 1. The number of thiocarbonyl (C=S) groups is 1. The molecule has 2 aromatic carbocycles. The molecule has 6 rings (SSSR count). The molecule has 3 aliphatic rings. The lowest BCUT2D eigenvalue weighted by molar-refractivity contribution is -0.888. The van der Waals surface area contributed by atoms with Crippen LogP contribution in [0.25, 0.3) is 0 Å². The first-order valence-electron chi connectivity index (χ1n) is 15.5. The van der Waals surface area contributed by atoms with Crippen molar-refractivity contribution < 1.29 is 14.1 Å². The Morgan fingerprint density at radius 2 is 1.91 bits per heavy atom. The number of hydrogen-bond donors (Lipinski definition) is 2. The molecule has 0 spiro atoms. The topological polar surface area (TPSA) is 85.7 Å². The number of para-hydroxylation sites is 2. The summed E-state index contributed by atoms with van der Waals surface area (Å²) in [5.74, 6) is 0.796. The van der Waals surface area contributed by atoms with E-state index in [0.29, 0.717) is 25.2 Å². The molecule has 1 atom stereocenters. The average molecular weight is 616 g/mol. The van der Waals surface area contributed by atoms with Gasteiger partial charge in [-0.25, -0.2) is 4.79 Å². The number of urea groups is 1. The van der Waals surface area contributed by atoms with Crippen LogP contribution in [-0.4, -0.2) is 93.9 Å². The highest BCUT2D eigenvalue weighted by molar-refractivity contribution is 7.80. The first-order chi connectivity index (χ1) is 21.1. The zero-order valence-electron chi connectivity index (χ0n) is 26.2. The molecule has 44 heavy (non-hydrogen) atoms. The summed E-state index contributed by atoms with van der Waals surface area (Å²) in [6.45, 7) is 7.60. The van der Waals surface area contributed by atoms with E-state index < -0.39 is 0 Å². The standard InChI is InChI=1S/C33H42N8O2S/c1-23-19-24(31(42)40-22-26-21-35-37(2)30(26)36-27-9-5-6-10-28(27)40)12-13-25(23)20-34-33(43)39-15-7-11-29(39)32(44)38-14-8-17-41(3,4)18-16-38/h5-6,9-10,12-13,19,21,29H,7-8,11,14-18,20,22H2,1-4H3,(H-,34,35,36,43)/p+1/t29-/m0/s1. The molecular weight excluding hydrogens is 572 g/mol. The molecule has 11 heteroatoms. The normalized spacial score (nSPS) is 19.4. The number of aromatic nitrogens is 2. The molecule has 0 bridgehead atoms. The van der Waals surface area contributed by atoms with Crippen molar-refractivity contribution in [3.8, 4) is 0 Å². The Hall–Kier alpha value is -3.96. The van der Waals surface area contributed by atoms with Gasteiger partial charge in [0.05, 0.1) is 63.9 Å². The van der Waals surface area contributed by atoms with Gasteiger partial charge in [-0.3, -0.25) is 9.48 Å². The average Bonchev–Trinajstić information content (AvgIpc) is 3.53. The van der Waals surface area contributed by atoms with Crippen LogP contribution in [0.1, 0.15) is 46.3 Å². The lowest BCUT2D eigenvalue weighted by atomic mass is 10.0. The van der Waals surface area contributed by atoms with Gasteiger partial charge in [0.15, 0.2) is 0 Å². The summed E-state index contributed by atoms with van der Waals surface area (Å²) in [5.41, 5.74) is 5.17. The van der Waals surface area contributed by atoms with E-state index in [1.807, 2.05) is 61.3 Å². The fraction of sp³-hybridized carbons (Fsp3) is 0.455. The second kappa shape index (κ2) is 12.2. The number of anilines is 3. The van der Waals surface area contributed by atoms with E-state index in [4.69, 9.17) is 12.2 Å². The van der Waals surface area contributed by atoms with Crippen molar-refractivity contribution in [2.45, 2.75) is 45.3 Å². The van der Waals surface area contributed by atoms with Crippen LogP contribution in [0.3, 0.4) is 0 Å². The van der Waals surface area contributed by atoms with E-state index in [0.717, 1.165) is 88.8 Å². The van der Waals surface area contributed by atoms with Crippen LogP contribution in [0.4, 0.5) is 22.0 Å². The number of likely N-dealkylation sites (N-methyl/N-ethyl adjacent to an activating group) is 1. The number of amides is 3. The van der Waals surface area contributed by atoms with Gasteiger partial charge >= 0.3 is 6.03 Å². The van der Waals surface area contributed by atoms with Gasteiger partial charge in [0.2, 0.25) is 0 Å². The number of benzene rings is 2. The largest absolute Gasteiger partial charge is 0.359 e. The van der Waals surface area contributed by atoms with Gasteiger partial charge in [0.1, 0.15) is 10.8 Å². The highest BCUT2D eigenvalue weighted by atomic mass is 32.1. The van der Waals surface area contributed by atoms with E-state index in [1.54, 1.807) is 15.8 Å². The van der Waals surface area contributed by atoms with Crippen molar-refractivity contribution in [2.24, 2.45) is 7.05 Å². The summed E-state index contributed by atoms with van der Waals surface area (Å²) < 4.78 is 2.80. The number of fused-ring (bicyclic) bond motifs is 2. The van der Waals surface area contributed by atoms with Gasteiger partial charge in [0, 0.05) is 44.2 Å². The molecule has 10 nitrogen and oxygen atoms in total. The first-order valence-corrected chi connectivity index (χ1v) is 16.0. The Labute approximate surface area is 265 Å². The van der Waals surface area contributed by atoms with Crippen molar-refractivity contribution in [1.29, 1.82) is 0 Å². The van der Waals surface area contributed by atoms with Crippen molar-refractivity contribution in [1.82, 2.24) is 24.9 Å². The molecule has 3 amide bonds. The zero-order chi connectivity index (χ0) is 31.0. The van der Waals surface area contributed by atoms with Crippen LogP contribution in [0, 0.1) is 6.92 Å². The summed E-state index contributed by atoms with van der Waals surface area (Å²) >= 11 is 5.97. The Morgan fingerprint density at radius 1 is 1.09 bits per heavy atom. The molecular formula is C33H43N8O2S+. The molecule has 0 saturated carbocycles. The molecule has 3 aliphatic heterocycles. The van der Waals surface area contributed by atoms with Crippen molar-refractivity contribution >= 4 is 46.3 Å². The summed E-state index contributed by atoms with van der Waals surface area (Å²) in [4.78, 5) is 34.2. The summed E-state index contributed by atoms with van der Waals surface area (Å²) in [7, 11) is 6.43. The van der Waals surface area contributed by atoms with Crippen LogP contribution in [0.5, 0.6) is 0 Å². The van der Waals surface area contributed by atoms with Crippen LogP contribution in [0.2, 0.25) is 0 Å². The van der Waals surface area contributed by atoms with Crippen molar-refractivity contribution in [3.05, 3.63) is 70.9 Å². The van der Waals surface area contributed by atoms with E-state index in [-0.39, 0.29) is 18.0 Å². The maximum Gasteiger partial charge on any atom is 0.318 e. The fourth-order valence-electron chi connectivity index (χ4n) is 6.60. The molecule has 2 saturated heterocycles. The van der Waals surface area contributed by atoms with Crippen molar-refractivity contribution in [3.63, 3.8) is 0 Å². The number of aryl methyl sites for hydroxylation is 2. The Kier molecular flexibility index (Phi) is 8.34. The molecule has 0 radical (unpaired) electrons. The Bertz CT molecular complexity index is 1580. The number of hydrogen-bond acceptors (Lipinski definition) is 5. The lowest BCUT2D eigenvalue weighted by Gasteiger charge is -2.32. The number of carbonyl (C=O) groups is 2. The predicted molar refractivity (Wildman–Crippen MR) is 177 cm³/mol. The van der Waals surface area contributed by atoms with Gasteiger partial charge in [-0.2, -0.15) is 5.10 Å². The number of likely N-dealkylation sites (tertiary alicyclic amines) is 1. The van der Waals surface area contributed by atoms with Crippen LogP contribution >= 0.6 is 12.2 Å². The molecule has 1 aromatic heterocycles. The van der Waals surface area contributed by atoms with E-state index in [1.165, 1.54) is 0 Å². The van der Waals surface area contributed by atoms with Crippen LogP contribution in [0.15, 0.2) is 48.7 Å². The van der Waals surface area contributed by atoms with E-state index in [2.05, 4.69) is 34.7 Å². The highest BCUT2D eigenvalue weighted by Gasteiger charge is 2.35. The molecule has 0 unspecified atom stereocenters. The van der Waals surface area contributed by atoms with E-state index in [9.17, 15) is 9.59 Å². The summed E-state index contributed by atoms with van der Waals surface area (Å²) in [6.07, 6.45) is 4.78. The summed E-state index contributed by atoms with van der Waals surface area (Å²) in [6, 6.07) is 13.4. The molecule has 4 heterocycles. The molecule has 2 fully saturated rings. The van der Waals surface area contributed by atoms with Crippen LogP contribution < -0.4 is 15.5 Å². The molecule has 3 aromatic rings.